The molecule has 2 aliphatic rings. The normalized spacial score (nSPS) is 20.4. The second kappa shape index (κ2) is 7.08. The third-order valence-corrected chi connectivity index (χ3v) is 6.74. The van der Waals surface area contributed by atoms with Crippen molar-refractivity contribution in [2.45, 2.75) is 45.1 Å². The molecule has 0 unspecified atom stereocenters. The number of aromatic amines is 1. The first-order chi connectivity index (χ1) is 14.9. The van der Waals surface area contributed by atoms with Crippen molar-refractivity contribution in [3.63, 3.8) is 0 Å². The fourth-order valence-corrected chi connectivity index (χ4v) is 4.89. The SMILES string of the molecule is CCc1cccc2c(C(=O)CN3C(=O)N[C@@](C)(c4ccc5c(c4)CCC5)C3=O)c[nH]c12. The number of urea groups is 1. The maximum Gasteiger partial charge on any atom is 0.325 e. The van der Waals surface area contributed by atoms with Crippen LogP contribution < -0.4 is 5.32 Å². The van der Waals surface area contributed by atoms with Crippen LogP contribution in [0.2, 0.25) is 0 Å². The molecule has 1 aliphatic carbocycles. The zero-order valence-electron chi connectivity index (χ0n) is 17.7. The minimum atomic E-state index is -1.16. The van der Waals surface area contributed by atoms with Crippen molar-refractivity contribution < 1.29 is 14.4 Å². The Labute approximate surface area is 180 Å². The first kappa shape index (κ1) is 19.5. The summed E-state index contributed by atoms with van der Waals surface area (Å²) in [7, 11) is 0. The topological polar surface area (TPSA) is 82.3 Å². The largest absolute Gasteiger partial charge is 0.360 e. The van der Waals surface area contributed by atoms with Crippen molar-refractivity contribution >= 4 is 28.6 Å². The van der Waals surface area contributed by atoms with Crippen molar-refractivity contribution in [3.05, 3.63) is 70.4 Å². The first-order valence-electron chi connectivity index (χ1n) is 10.8. The first-order valence-corrected chi connectivity index (χ1v) is 10.8. The lowest BCUT2D eigenvalue weighted by Crippen LogP contribution is -2.41. The summed E-state index contributed by atoms with van der Waals surface area (Å²) >= 11 is 0. The molecule has 0 radical (unpaired) electrons. The van der Waals surface area contributed by atoms with Crippen LogP contribution in [0, 0.1) is 0 Å². The predicted octanol–water partition coefficient (Wildman–Crippen LogP) is 3.87. The molecule has 2 N–H and O–H groups in total. The Kier molecular flexibility index (Phi) is 4.46. The number of carbonyl (C=O) groups excluding carboxylic acids is 3. The lowest BCUT2D eigenvalue weighted by atomic mass is 9.89. The molecule has 1 aliphatic heterocycles. The molecule has 31 heavy (non-hydrogen) atoms. The van der Waals surface area contributed by atoms with E-state index in [-0.39, 0.29) is 12.3 Å². The number of fused-ring (bicyclic) bond motifs is 2. The summed E-state index contributed by atoms with van der Waals surface area (Å²) in [5, 5.41) is 3.64. The Morgan fingerprint density at radius 2 is 1.94 bits per heavy atom. The summed E-state index contributed by atoms with van der Waals surface area (Å²) in [4.78, 5) is 43.3. The van der Waals surface area contributed by atoms with E-state index < -0.39 is 17.5 Å². The number of imide groups is 1. The van der Waals surface area contributed by atoms with E-state index >= 15 is 0 Å². The summed E-state index contributed by atoms with van der Waals surface area (Å²) in [6, 6.07) is 11.3. The predicted molar refractivity (Wildman–Crippen MR) is 118 cm³/mol. The van der Waals surface area contributed by atoms with Crippen molar-refractivity contribution in [1.29, 1.82) is 0 Å². The van der Waals surface area contributed by atoms with Crippen molar-refractivity contribution in [2.75, 3.05) is 6.54 Å². The van der Waals surface area contributed by atoms with Gasteiger partial charge in [-0.2, -0.15) is 0 Å². The number of H-pyrrole nitrogens is 1. The van der Waals surface area contributed by atoms with E-state index in [1.54, 1.807) is 13.1 Å². The van der Waals surface area contributed by atoms with Gasteiger partial charge in [0.1, 0.15) is 5.54 Å². The van der Waals surface area contributed by atoms with Crippen LogP contribution in [0.15, 0.2) is 42.6 Å². The van der Waals surface area contributed by atoms with Gasteiger partial charge in [0.25, 0.3) is 5.91 Å². The molecule has 1 atom stereocenters. The number of nitrogens with zero attached hydrogens (tertiary/aromatic N) is 1. The molecule has 5 rings (SSSR count). The maximum atomic E-state index is 13.3. The van der Waals surface area contributed by atoms with Crippen LogP contribution in [0.5, 0.6) is 0 Å². The van der Waals surface area contributed by atoms with E-state index in [1.165, 1.54) is 11.1 Å². The molecule has 1 fully saturated rings. The Balaban J connectivity index is 1.42. The molecule has 0 spiro atoms. The van der Waals surface area contributed by atoms with Gasteiger partial charge in [0.2, 0.25) is 0 Å². The standard InChI is InChI=1S/C25H25N3O3/c1-3-15-6-5-9-19-20(13-26-22(15)19)21(29)14-28-23(30)25(2,27-24(28)31)18-11-10-16-7-4-8-17(16)12-18/h5-6,9-13,26H,3-4,7-8,14H2,1-2H3,(H,27,31)/t25-/m0/s1. The molecule has 1 aromatic heterocycles. The van der Waals surface area contributed by atoms with Gasteiger partial charge in [0.15, 0.2) is 5.78 Å². The summed E-state index contributed by atoms with van der Waals surface area (Å²) in [5.41, 5.74) is 4.69. The lowest BCUT2D eigenvalue weighted by Gasteiger charge is -2.23. The average Bonchev–Trinajstić information content (AvgIpc) is 3.46. The lowest BCUT2D eigenvalue weighted by molar-refractivity contribution is -0.130. The van der Waals surface area contributed by atoms with E-state index in [0.717, 1.165) is 52.6 Å². The van der Waals surface area contributed by atoms with Crippen LogP contribution in [0.4, 0.5) is 4.79 Å². The number of amides is 3. The van der Waals surface area contributed by atoms with Crippen molar-refractivity contribution in [1.82, 2.24) is 15.2 Å². The van der Waals surface area contributed by atoms with Crippen LogP contribution in [0.1, 0.15) is 52.9 Å². The number of carbonyl (C=O) groups is 3. The van der Waals surface area contributed by atoms with Gasteiger partial charge in [-0.15, -0.1) is 0 Å². The second-order valence-corrected chi connectivity index (χ2v) is 8.60. The number of rotatable bonds is 5. The highest BCUT2D eigenvalue weighted by Crippen LogP contribution is 2.33. The monoisotopic (exact) mass is 415 g/mol. The minimum absolute atomic E-state index is 0.263. The molecule has 0 bridgehead atoms. The number of hydrogen-bond donors (Lipinski definition) is 2. The summed E-state index contributed by atoms with van der Waals surface area (Å²) in [5.74, 6) is -0.654. The zero-order valence-corrected chi connectivity index (χ0v) is 17.7. The number of ketones is 1. The molecule has 6 nitrogen and oxygen atoms in total. The molecule has 2 heterocycles. The quantitative estimate of drug-likeness (QED) is 0.490. The van der Waals surface area contributed by atoms with Crippen LogP contribution in [-0.2, 0) is 29.6 Å². The third kappa shape index (κ3) is 2.97. The summed E-state index contributed by atoms with van der Waals surface area (Å²) in [6.45, 7) is 3.49. The van der Waals surface area contributed by atoms with E-state index in [2.05, 4.69) is 17.2 Å². The molecule has 1 saturated heterocycles. The molecule has 2 aromatic carbocycles. The molecule has 3 amide bonds. The van der Waals surface area contributed by atoms with E-state index in [9.17, 15) is 14.4 Å². The molecular formula is C25H25N3O3. The smallest absolute Gasteiger partial charge is 0.325 e. The second-order valence-electron chi connectivity index (χ2n) is 8.60. The number of hydrogen-bond acceptors (Lipinski definition) is 3. The Morgan fingerprint density at radius 1 is 1.13 bits per heavy atom. The van der Waals surface area contributed by atoms with E-state index in [4.69, 9.17) is 0 Å². The van der Waals surface area contributed by atoms with Crippen LogP contribution in [0.25, 0.3) is 10.9 Å². The van der Waals surface area contributed by atoms with Crippen LogP contribution in [0.3, 0.4) is 0 Å². The van der Waals surface area contributed by atoms with Gasteiger partial charge in [-0.3, -0.25) is 14.5 Å². The van der Waals surface area contributed by atoms with Gasteiger partial charge in [0.05, 0.1) is 6.54 Å². The molecular weight excluding hydrogens is 390 g/mol. The van der Waals surface area contributed by atoms with Crippen LogP contribution in [-0.4, -0.2) is 34.2 Å². The van der Waals surface area contributed by atoms with Crippen molar-refractivity contribution in [2.24, 2.45) is 0 Å². The highest BCUT2D eigenvalue weighted by Gasteiger charge is 2.49. The van der Waals surface area contributed by atoms with Gasteiger partial charge < -0.3 is 10.3 Å². The number of para-hydroxylation sites is 1. The molecule has 158 valence electrons. The summed E-state index contributed by atoms with van der Waals surface area (Å²) < 4.78 is 0. The Bertz CT molecular complexity index is 1240. The number of benzene rings is 2. The van der Waals surface area contributed by atoms with Crippen molar-refractivity contribution in [3.8, 4) is 0 Å². The number of aryl methyl sites for hydroxylation is 3. The van der Waals surface area contributed by atoms with E-state index in [0.29, 0.717) is 5.56 Å². The number of Topliss-reactive ketones (excluding diaryl/α,β-unsaturated/α-hetero) is 1. The highest BCUT2D eigenvalue weighted by molar-refractivity contribution is 6.14. The zero-order chi connectivity index (χ0) is 21.8. The molecule has 3 aromatic rings. The highest BCUT2D eigenvalue weighted by atomic mass is 16.2. The number of nitrogens with one attached hydrogen (secondary N) is 2. The van der Waals surface area contributed by atoms with Gasteiger partial charge in [-0.1, -0.05) is 43.3 Å². The Morgan fingerprint density at radius 3 is 2.74 bits per heavy atom. The molecule has 0 saturated carbocycles. The van der Waals surface area contributed by atoms with Gasteiger partial charge in [0, 0.05) is 22.7 Å². The third-order valence-electron chi connectivity index (χ3n) is 6.74. The summed E-state index contributed by atoms with van der Waals surface area (Å²) in [6.07, 6.45) is 5.67. The van der Waals surface area contributed by atoms with E-state index in [1.807, 2.05) is 36.4 Å². The minimum Gasteiger partial charge on any atom is -0.360 e. The average molecular weight is 415 g/mol. The van der Waals surface area contributed by atoms with Gasteiger partial charge >= 0.3 is 6.03 Å². The van der Waals surface area contributed by atoms with Gasteiger partial charge in [-0.05, 0) is 54.9 Å². The molecule has 6 heteroatoms. The number of aromatic nitrogens is 1. The van der Waals surface area contributed by atoms with Gasteiger partial charge in [-0.25, -0.2) is 4.79 Å². The fourth-order valence-electron chi connectivity index (χ4n) is 4.89. The Hall–Kier alpha value is -3.41. The maximum absolute atomic E-state index is 13.3. The van der Waals surface area contributed by atoms with Crippen LogP contribution >= 0.6 is 0 Å². The fraction of sp³-hybridized carbons (Fsp3) is 0.320.